The molecule has 3 heteroatoms. The van der Waals surface area contributed by atoms with Crippen LogP contribution < -0.4 is 24.8 Å². The van der Waals surface area contributed by atoms with Gasteiger partial charge in [-0.1, -0.05) is 36.8 Å². The van der Waals surface area contributed by atoms with Crippen molar-refractivity contribution in [2.45, 2.75) is 20.3 Å². The number of aryl methyl sites for hydroxylation is 2. The van der Waals surface area contributed by atoms with Gasteiger partial charge in [0.25, 0.3) is 0 Å². The second kappa shape index (κ2) is 9.65. The standard InChI is InChI=1S/C9H12.2ClH.Mg/c1-3-9-6-4-8(2)5-7-9;;;/h4-7H,3H2,1-2H3;2*1H;/q;;;+2/p-2. The van der Waals surface area contributed by atoms with Crippen molar-refractivity contribution in [1.29, 1.82) is 0 Å². The van der Waals surface area contributed by atoms with Crippen molar-refractivity contribution in [1.82, 2.24) is 0 Å². The van der Waals surface area contributed by atoms with Gasteiger partial charge in [0.15, 0.2) is 0 Å². The van der Waals surface area contributed by atoms with E-state index in [1.54, 1.807) is 0 Å². The molecule has 0 aromatic heterocycles. The average molecular weight is 215 g/mol. The third kappa shape index (κ3) is 6.12. The Kier molecular flexibility index (Phi) is 14.8. The van der Waals surface area contributed by atoms with Gasteiger partial charge in [0.1, 0.15) is 0 Å². The molecule has 0 heterocycles. The van der Waals surface area contributed by atoms with E-state index < -0.39 is 0 Å². The minimum absolute atomic E-state index is 0. The number of hydrogen-bond donors (Lipinski definition) is 0. The van der Waals surface area contributed by atoms with Gasteiger partial charge in [0.05, 0.1) is 0 Å². The molecule has 0 aliphatic rings. The molecule has 0 bridgehead atoms. The van der Waals surface area contributed by atoms with Gasteiger partial charge in [-0.2, -0.15) is 0 Å². The molecule has 1 aromatic rings. The van der Waals surface area contributed by atoms with E-state index in [1.807, 2.05) is 0 Å². The first-order valence-electron chi connectivity index (χ1n) is 3.38. The summed E-state index contributed by atoms with van der Waals surface area (Å²) in [7, 11) is 0. The molecule has 0 atom stereocenters. The zero-order chi connectivity index (χ0) is 6.69. The second-order valence-corrected chi connectivity index (χ2v) is 2.34. The van der Waals surface area contributed by atoms with Gasteiger partial charge in [-0.05, 0) is 18.9 Å². The summed E-state index contributed by atoms with van der Waals surface area (Å²) in [6.45, 7) is 4.28. The van der Waals surface area contributed by atoms with Crippen LogP contribution in [0.4, 0.5) is 0 Å². The van der Waals surface area contributed by atoms with Crippen LogP contribution in [0.1, 0.15) is 18.1 Å². The number of benzene rings is 1. The maximum Gasteiger partial charge on any atom is 2.00 e. The molecule has 12 heavy (non-hydrogen) atoms. The molecule has 0 saturated carbocycles. The van der Waals surface area contributed by atoms with Crippen molar-refractivity contribution in [3.8, 4) is 0 Å². The van der Waals surface area contributed by atoms with Crippen LogP contribution in [-0.4, -0.2) is 23.1 Å². The van der Waals surface area contributed by atoms with Crippen molar-refractivity contribution in [2.75, 3.05) is 0 Å². The smallest absolute Gasteiger partial charge is 1.00 e. The van der Waals surface area contributed by atoms with E-state index in [0.29, 0.717) is 0 Å². The second-order valence-electron chi connectivity index (χ2n) is 2.34. The van der Waals surface area contributed by atoms with E-state index in [2.05, 4.69) is 38.1 Å². The molecule has 0 saturated heterocycles. The summed E-state index contributed by atoms with van der Waals surface area (Å²) < 4.78 is 0. The fourth-order valence-corrected chi connectivity index (χ4v) is 0.824. The van der Waals surface area contributed by atoms with Crippen molar-refractivity contribution in [3.63, 3.8) is 0 Å². The van der Waals surface area contributed by atoms with Gasteiger partial charge in [0.2, 0.25) is 0 Å². The molecule has 0 aliphatic heterocycles. The Morgan fingerprint density at radius 1 is 1.00 bits per heavy atom. The summed E-state index contributed by atoms with van der Waals surface area (Å²) in [6, 6.07) is 8.66. The van der Waals surface area contributed by atoms with Crippen LogP contribution in [0.5, 0.6) is 0 Å². The molecule has 0 amide bonds. The average Bonchev–Trinajstić information content (AvgIpc) is 1.90. The predicted molar refractivity (Wildman–Crippen MR) is 46.3 cm³/mol. The van der Waals surface area contributed by atoms with Crippen molar-refractivity contribution in [2.24, 2.45) is 0 Å². The van der Waals surface area contributed by atoms with Gasteiger partial charge in [0, 0.05) is 0 Å². The van der Waals surface area contributed by atoms with Gasteiger partial charge in [-0.3, -0.25) is 0 Å². The largest absolute Gasteiger partial charge is 2.00 e. The molecular weight excluding hydrogens is 203 g/mol. The minimum atomic E-state index is 0. The monoisotopic (exact) mass is 214 g/mol. The molecule has 64 valence electrons. The maximum atomic E-state index is 2.18. The fourth-order valence-electron chi connectivity index (χ4n) is 0.824. The third-order valence-corrected chi connectivity index (χ3v) is 1.53. The van der Waals surface area contributed by atoms with Gasteiger partial charge >= 0.3 is 23.1 Å². The van der Waals surface area contributed by atoms with E-state index in [0.717, 1.165) is 6.42 Å². The van der Waals surface area contributed by atoms with E-state index >= 15 is 0 Å². The number of halogens is 2. The molecule has 0 nitrogen and oxygen atoms in total. The number of hydrogen-bond acceptors (Lipinski definition) is 0. The Morgan fingerprint density at radius 2 is 1.42 bits per heavy atom. The van der Waals surface area contributed by atoms with Crippen LogP contribution in [-0.2, 0) is 6.42 Å². The van der Waals surface area contributed by atoms with E-state index in [9.17, 15) is 0 Å². The molecule has 0 spiro atoms. The summed E-state index contributed by atoms with van der Waals surface area (Å²) >= 11 is 0. The topological polar surface area (TPSA) is 0 Å². The SMILES string of the molecule is CCc1ccc(C)cc1.[Cl-].[Cl-].[Mg+2]. The van der Waals surface area contributed by atoms with Crippen LogP contribution in [0.2, 0.25) is 0 Å². The van der Waals surface area contributed by atoms with Gasteiger partial charge in [-0.25, -0.2) is 0 Å². The van der Waals surface area contributed by atoms with Crippen molar-refractivity contribution >= 4 is 23.1 Å². The molecule has 0 fully saturated rings. The first-order valence-corrected chi connectivity index (χ1v) is 3.38. The molecule has 0 unspecified atom stereocenters. The summed E-state index contributed by atoms with van der Waals surface area (Å²) in [6.07, 6.45) is 1.14. The van der Waals surface area contributed by atoms with E-state index in [4.69, 9.17) is 0 Å². The quantitative estimate of drug-likeness (QED) is 0.421. The Bertz CT molecular complexity index is 184. The molecule has 1 aromatic carbocycles. The normalized spacial score (nSPS) is 7.17. The van der Waals surface area contributed by atoms with Gasteiger partial charge < -0.3 is 24.8 Å². The van der Waals surface area contributed by atoms with Crippen LogP contribution in [0, 0.1) is 6.92 Å². The first kappa shape index (κ1) is 18.4. The molecule has 0 radical (unpaired) electrons. The minimum Gasteiger partial charge on any atom is -1.00 e. The van der Waals surface area contributed by atoms with E-state index in [1.165, 1.54) is 11.1 Å². The Hall–Kier alpha value is 0.566. The molecular formula is C9H12Cl2Mg. The van der Waals surface area contributed by atoms with Crippen LogP contribution in [0.25, 0.3) is 0 Å². The predicted octanol–water partition coefficient (Wildman–Crippen LogP) is -3.82. The summed E-state index contributed by atoms with van der Waals surface area (Å²) in [5.74, 6) is 0. The summed E-state index contributed by atoms with van der Waals surface area (Å²) in [5, 5.41) is 0. The molecule has 0 aliphatic carbocycles. The van der Waals surface area contributed by atoms with Crippen LogP contribution in [0.3, 0.4) is 0 Å². The van der Waals surface area contributed by atoms with Crippen molar-refractivity contribution in [3.05, 3.63) is 35.4 Å². The van der Waals surface area contributed by atoms with Crippen LogP contribution >= 0.6 is 0 Å². The third-order valence-electron chi connectivity index (χ3n) is 1.53. The Labute approximate surface area is 103 Å². The van der Waals surface area contributed by atoms with Crippen molar-refractivity contribution < 1.29 is 24.8 Å². The summed E-state index contributed by atoms with van der Waals surface area (Å²) in [5.41, 5.74) is 2.76. The Balaban J connectivity index is -0.000000270. The zero-order valence-corrected chi connectivity index (χ0v) is 10.4. The summed E-state index contributed by atoms with van der Waals surface area (Å²) in [4.78, 5) is 0. The van der Waals surface area contributed by atoms with E-state index in [-0.39, 0.29) is 47.9 Å². The van der Waals surface area contributed by atoms with Gasteiger partial charge in [-0.15, -0.1) is 0 Å². The zero-order valence-electron chi connectivity index (χ0n) is 7.48. The Morgan fingerprint density at radius 3 is 1.75 bits per heavy atom. The maximum absolute atomic E-state index is 2.18. The fraction of sp³-hybridized carbons (Fsp3) is 0.333. The molecule has 0 N–H and O–H groups in total. The van der Waals surface area contributed by atoms with Crippen LogP contribution in [0.15, 0.2) is 24.3 Å². The molecule has 1 rings (SSSR count). The number of rotatable bonds is 1. The first-order chi connectivity index (χ1) is 4.33.